The van der Waals surface area contributed by atoms with Gasteiger partial charge in [0, 0.05) is 16.8 Å². The maximum Gasteiger partial charge on any atom is 0.282 e. The molecule has 2 amide bonds. The molecular formula is C24H17ClF2N2O3. The Labute approximate surface area is 187 Å². The maximum absolute atomic E-state index is 13.8. The zero-order valence-corrected chi connectivity index (χ0v) is 17.8. The van der Waals surface area contributed by atoms with E-state index in [0.29, 0.717) is 22.0 Å². The third-order valence-corrected chi connectivity index (χ3v) is 5.47. The summed E-state index contributed by atoms with van der Waals surface area (Å²) in [5.41, 5.74) is 1.79. The first-order chi connectivity index (χ1) is 15.3. The molecule has 162 valence electrons. The molecule has 0 radical (unpaired) electrons. The fourth-order valence-electron chi connectivity index (χ4n) is 3.34. The molecule has 0 fully saturated rings. The predicted octanol–water partition coefficient (Wildman–Crippen LogP) is 5.33. The lowest BCUT2D eigenvalue weighted by molar-refractivity contribution is -0.120. The van der Waals surface area contributed by atoms with Crippen molar-refractivity contribution in [2.45, 2.75) is 6.92 Å². The summed E-state index contributed by atoms with van der Waals surface area (Å²) in [5, 5.41) is 3.46. The van der Waals surface area contributed by atoms with E-state index in [1.54, 1.807) is 42.5 Å². The summed E-state index contributed by atoms with van der Waals surface area (Å²) in [4.78, 5) is 27.4. The number of ether oxygens (including phenoxy) is 1. The number of amides is 2. The van der Waals surface area contributed by atoms with E-state index in [1.165, 1.54) is 13.2 Å². The molecule has 1 N–H and O–H groups in total. The minimum atomic E-state index is -1.17. The van der Waals surface area contributed by atoms with Crippen molar-refractivity contribution in [3.8, 4) is 5.75 Å². The second-order valence-electron chi connectivity index (χ2n) is 7.11. The topological polar surface area (TPSA) is 58.6 Å². The minimum Gasteiger partial charge on any atom is -0.497 e. The van der Waals surface area contributed by atoms with Gasteiger partial charge in [-0.05, 0) is 54.4 Å². The lowest BCUT2D eigenvalue weighted by Gasteiger charge is -2.15. The Morgan fingerprint density at radius 3 is 2.25 bits per heavy atom. The lowest BCUT2D eigenvalue weighted by Crippen LogP contribution is -2.32. The Kier molecular flexibility index (Phi) is 5.67. The quantitative estimate of drug-likeness (QED) is 0.529. The molecule has 1 aliphatic rings. The van der Waals surface area contributed by atoms with Crippen LogP contribution in [0.2, 0.25) is 5.02 Å². The summed E-state index contributed by atoms with van der Waals surface area (Å²) in [6, 6.07) is 14.5. The van der Waals surface area contributed by atoms with Gasteiger partial charge in [0.2, 0.25) is 0 Å². The molecule has 8 heteroatoms. The highest BCUT2D eigenvalue weighted by molar-refractivity contribution is 6.46. The third-order valence-electron chi connectivity index (χ3n) is 5.07. The monoisotopic (exact) mass is 454 g/mol. The number of aryl methyl sites for hydroxylation is 1. The molecule has 0 saturated heterocycles. The van der Waals surface area contributed by atoms with Gasteiger partial charge >= 0.3 is 0 Å². The average Bonchev–Trinajstić information content (AvgIpc) is 3.02. The number of rotatable bonds is 5. The van der Waals surface area contributed by atoms with E-state index in [-0.39, 0.29) is 17.0 Å². The van der Waals surface area contributed by atoms with Crippen LogP contribution in [0.4, 0.5) is 20.2 Å². The summed E-state index contributed by atoms with van der Waals surface area (Å²) in [5.74, 6) is -3.05. The van der Waals surface area contributed by atoms with E-state index < -0.39 is 23.4 Å². The SMILES string of the molecule is COc1ccc(C2=C(Nc3ccc(C)c(Cl)c3)C(=O)N(c3ccc(F)c(F)c3)C2=O)cc1. The van der Waals surface area contributed by atoms with Crippen LogP contribution in [0.1, 0.15) is 11.1 Å². The van der Waals surface area contributed by atoms with Crippen LogP contribution in [-0.2, 0) is 9.59 Å². The van der Waals surface area contributed by atoms with Gasteiger partial charge in [0.05, 0.1) is 18.4 Å². The zero-order chi connectivity index (χ0) is 23.0. The van der Waals surface area contributed by atoms with Crippen LogP contribution in [0.5, 0.6) is 5.75 Å². The highest BCUT2D eigenvalue weighted by Gasteiger charge is 2.40. The molecule has 5 nitrogen and oxygen atoms in total. The molecule has 0 unspecified atom stereocenters. The Bertz CT molecular complexity index is 1270. The number of halogens is 3. The largest absolute Gasteiger partial charge is 0.497 e. The van der Waals surface area contributed by atoms with Crippen LogP contribution in [-0.4, -0.2) is 18.9 Å². The number of anilines is 2. The zero-order valence-electron chi connectivity index (χ0n) is 17.1. The molecule has 1 heterocycles. The van der Waals surface area contributed by atoms with Gasteiger partial charge in [0.25, 0.3) is 11.8 Å². The van der Waals surface area contributed by atoms with Crippen LogP contribution in [0.15, 0.2) is 66.4 Å². The maximum atomic E-state index is 13.8. The Morgan fingerprint density at radius 2 is 1.62 bits per heavy atom. The number of hydrogen-bond acceptors (Lipinski definition) is 4. The number of nitrogens with zero attached hydrogens (tertiary/aromatic N) is 1. The van der Waals surface area contributed by atoms with Crippen LogP contribution in [0.25, 0.3) is 5.57 Å². The van der Waals surface area contributed by atoms with Gasteiger partial charge in [-0.15, -0.1) is 0 Å². The van der Waals surface area contributed by atoms with Gasteiger partial charge in [-0.25, -0.2) is 13.7 Å². The average molecular weight is 455 g/mol. The van der Waals surface area contributed by atoms with Crippen LogP contribution < -0.4 is 15.0 Å². The molecule has 3 aromatic rings. The number of carbonyl (C=O) groups is 2. The fourth-order valence-corrected chi connectivity index (χ4v) is 3.53. The van der Waals surface area contributed by atoms with Crippen LogP contribution >= 0.6 is 11.6 Å². The Hall–Kier alpha value is -3.71. The first kappa shape index (κ1) is 21.5. The Balaban J connectivity index is 1.82. The highest BCUT2D eigenvalue weighted by atomic mass is 35.5. The molecule has 1 aliphatic heterocycles. The van der Waals surface area contributed by atoms with Gasteiger partial charge in [-0.3, -0.25) is 9.59 Å². The summed E-state index contributed by atoms with van der Waals surface area (Å²) in [7, 11) is 1.51. The lowest BCUT2D eigenvalue weighted by atomic mass is 10.0. The summed E-state index contributed by atoms with van der Waals surface area (Å²) >= 11 is 6.20. The number of nitrogens with one attached hydrogen (secondary N) is 1. The summed E-state index contributed by atoms with van der Waals surface area (Å²) in [6.07, 6.45) is 0. The molecule has 3 aromatic carbocycles. The summed E-state index contributed by atoms with van der Waals surface area (Å²) < 4.78 is 32.4. The van der Waals surface area contributed by atoms with E-state index in [1.807, 2.05) is 6.92 Å². The second kappa shape index (κ2) is 8.43. The first-order valence-electron chi connectivity index (χ1n) is 9.56. The number of benzene rings is 3. The molecule has 0 atom stereocenters. The number of methoxy groups -OCH3 is 1. The number of hydrogen-bond donors (Lipinski definition) is 1. The molecular weight excluding hydrogens is 438 g/mol. The van der Waals surface area contributed by atoms with Crippen molar-refractivity contribution in [1.29, 1.82) is 0 Å². The van der Waals surface area contributed by atoms with Gasteiger partial charge in [0.1, 0.15) is 11.4 Å². The highest BCUT2D eigenvalue weighted by Crippen LogP contribution is 2.35. The van der Waals surface area contributed by atoms with E-state index >= 15 is 0 Å². The molecule has 4 rings (SSSR count). The van der Waals surface area contributed by atoms with Crippen molar-refractivity contribution in [2.75, 3.05) is 17.3 Å². The second-order valence-corrected chi connectivity index (χ2v) is 7.52. The molecule has 0 bridgehead atoms. The van der Waals surface area contributed by atoms with E-state index in [4.69, 9.17) is 16.3 Å². The van der Waals surface area contributed by atoms with Gasteiger partial charge in [0.15, 0.2) is 11.6 Å². The van der Waals surface area contributed by atoms with Crippen LogP contribution in [0.3, 0.4) is 0 Å². The molecule has 0 spiro atoms. The van der Waals surface area contributed by atoms with Crippen molar-refractivity contribution in [1.82, 2.24) is 0 Å². The molecule has 0 aromatic heterocycles. The van der Waals surface area contributed by atoms with Gasteiger partial charge in [-0.2, -0.15) is 0 Å². The van der Waals surface area contributed by atoms with E-state index in [0.717, 1.165) is 22.6 Å². The molecule has 32 heavy (non-hydrogen) atoms. The first-order valence-corrected chi connectivity index (χ1v) is 9.93. The summed E-state index contributed by atoms with van der Waals surface area (Å²) in [6.45, 7) is 1.84. The third kappa shape index (κ3) is 3.83. The minimum absolute atomic E-state index is 0.00943. The van der Waals surface area contributed by atoms with Crippen molar-refractivity contribution in [3.63, 3.8) is 0 Å². The fraction of sp³-hybridized carbons (Fsp3) is 0.0833. The smallest absolute Gasteiger partial charge is 0.282 e. The number of carbonyl (C=O) groups excluding carboxylic acids is 2. The molecule has 0 saturated carbocycles. The number of imide groups is 1. The van der Waals surface area contributed by atoms with Gasteiger partial charge in [-0.1, -0.05) is 29.8 Å². The van der Waals surface area contributed by atoms with E-state index in [9.17, 15) is 18.4 Å². The standard InChI is InChI=1S/C24H17ClF2N2O3/c1-13-3-6-15(11-18(13)25)28-22-21(14-4-8-17(32-2)9-5-14)23(30)29(24(22)31)16-7-10-19(26)20(27)12-16/h3-12,28H,1-2H3. The predicted molar refractivity (Wildman–Crippen MR) is 119 cm³/mol. The van der Waals surface area contributed by atoms with E-state index in [2.05, 4.69) is 5.32 Å². The molecule has 0 aliphatic carbocycles. The van der Waals surface area contributed by atoms with Crippen LogP contribution in [0, 0.1) is 18.6 Å². The Morgan fingerprint density at radius 1 is 0.906 bits per heavy atom. The van der Waals surface area contributed by atoms with Crippen molar-refractivity contribution in [2.24, 2.45) is 0 Å². The van der Waals surface area contributed by atoms with Crippen molar-refractivity contribution >= 4 is 40.4 Å². The van der Waals surface area contributed by atoms with Gasteiger partial charge < -0.3 is 10.1 Å². The normalized spacial score (nSPS) is 13.7. The van der Waals surface area contributed by atoms with Crippen molar-refractivity contribution in [3.05, 3.63) is 94.1 Å². The van der Waals surface area contributed by atoms with Crippen molar-refractivity contribution < 1.29 is 23.1 Å².